The fourth-order valence-electron chi connectivity index (χ4n) is 3.72. The molecule has 21 heavy (non-hydrogen) atoms. The first-order valence-corrected chi connectivity index (χ1v) is 7.88. The maximum atomic E-state index is 13.1. The van der Waals surface area contributed by atoms with Gasteiger partial charge in [-0.15, -0.1) is 0 Å². The van der Waals surface area contributed by atoms with Crippen molar-refractivity contribution in [2.75, 3.05) is 6.54 Å². The molecular formula is C17H23FN2O. The molecule has 2 fully saturated rings. The van der Waals surface area contributed by atoms with Crippen LogP contribution in [0.2, 0.25) is 0 Å². The minimum atomic E-state index is -0.232. The van der Waals surface area contributed by atoms with Gasteiger partial charge < -0.3 is 10.2 Å². The smallest absolute Gasteiger partial charge is 0.223 e. The predicted octanol–water partition coefficient (Wildman–Crippen LogP) is 2.85. The zero-order chi connectivity index (χ0) is 14.9. The van der Waals surface area contributed by atoms with Gasteiger partial charge in [-0.25, -0.2) is 4.39 Å². The quantitative estimate of drug-likeness (QED) is 0.908. The highest BCUT2D eigenvalue weighted by Gasteiger charge is 2.45. The van der Waals surface area contributed by atoms with E-state index in [4.69, 9.17) is 0 Å². The Morgan fingerprint density at radius 3 is 2.86 bits per heavy atom. The normalized spacial score (nSPS) is 29.9. The van der Waals surface area contributed by atoms with E-state index in [-0.39, 0.29) is 17.3 Å². The van der Waals surface area contributed by atoms with Crippen molar-refractivity contribution < 1.29 is 9.18 Å². The van der Waals surface area contributed by atoms with Crippen molar-refractivity contribution in [2.24, 2.45) is 0 Å². The van der Waals surface area contributed by atoms with Gasteiger partial charge in [0.25, 0.3) is 0 Å². The number of rotatable bonds is 2. The molecule has 2 heterocycles. The van der Waals surface area contributed by atoms with Crippen LogP contribution in [0.1, 0.15) is 44.6 Å². The molecule has 1 amide bonds. The van der Waals surface area contributed by atoms with Crippen LogP contribution in [0.5, 0.6) is 0 Å². The number of halogens is 1. The summed E-state index contributed by atoms with van der Waals surface area (Å²) in [5.74, 6) is -0.000380. The summed E-state index contributed by atoms with van der Waals surface area (Å²) in [5, 5.41) is 3.56. The zero-order valence-corrected chi connectivity index (χ0v) is 12.6. The topological polar surface area (TPSA) is 32.3 Å². The Labute approximate surface area is 125 Å². The average Bonchev–Trinajstić information content (AvgIpc) is 2.83. The van der Waals surface area contributed by atoms with Crippen LogP contribution in [-0.2, 0) is 11.3 Å². The van der Waals surface area contributed by atoms with Crippen molar-refractivity contribution in [1.82, 2.24) is 10.2 Å². The summed E-state index contributed by atoms with van der Waals surface area (Å²) < 4.78 is 13.1. The summed E-state index contributed by atoms with van der Waals surface area (Å²) in [6.45, 7) is 3.74. The average molecular weight is 290 g/mol. The van der Waals surface area contributed by atoms with Crippen LogP contribution in [0.4, 0.5) is 4.39 Å². The molecule has 0 bridgehead atoms. The second-order valence-corrected chi connectivity index (χ2v) is 6.47. The van der Waals surface area contributed by atoms with Gasteiger partial charge in [0.2, 0.25) is 5.91 Å². The first-order chi connectivity index (χ1) is 10.1. The van der Waals surface area contributed by atoms with Crippen LogP contribution in [0.3, 0.4) is 0 Å². The third-order valence-corrected chi connectivity index (χ3v) is 5.08. The summed E-state index contributed by atoms with van der Waals surface area (Å²) >= 11 is 0. The van der Waals surface area contributed by atoms with E-state index in [1.165, 1.54) is 12.1 Å². The lowest BCUT2D eigenvalue weighted by atomic mass is 9.84. The molecule has 0 saturated carbocycles. The van der Waals surface area contributed by atoms with E-state index < -0.39 is 0 Å². The molecule has 1 aromatic carbocycles. The Balaban J connectivity index is 1.87. The van der Waals surface area contributed by atoms with Crippen molar-refractivity contribution in [3.63, 3.8) is 0 Å². The molecule has 0 aliphatic carbocycles. The van der Waals surface area contributed by atoms with Crippen molar-refractivity contribution in [3.05, 3.63) is 35.6 Å². The molecule has 0 unspecified atom stereocenters. The van der Waals surface area contributed by atoms with E-state index in [2.05, 4.69) is 12.2 Å². The molecule has 1 aromatic rings. The molecule has 2 aliphatic heterocycles. The zero-order valence-electron chi connectivity index (χ0n) is 12.6. The number of benzene rings is 1. The Morgan fingerprint density at radius 1 is 1.33 bits per heavy atom. The molecule has 0 spiro atoms. The SMILES string of the molecule is C[C@]12CCN[C@H]1CCCCC(=O)N2Cc1ccc(F)cc1. The largest absolute Gasteiger partial charge is 0.331 e. The van der Waals surface area contributed by atoms with Crippen molar-refractivity contribution in [3.8, 4) is 0 Å². The number of carbonyl (C=O) groups excluding carboxylic acids is 1. The van der Waals surface area contributed by atoms with E-state index in [0.717, 1.165) is 37.8 Å². The van der Waals surface area contributed by atoms with Crippen LogP contribution in [-0.4, -0.2) is 28.9 Å². The van der Waals surface area contributed by atoms with Crippen LogP contribution in [0, 0.1) is 5.82 Å². The summed E-state index contributed by atoms with van der Waals surface area (Å²) in [6, 6.07) is 6.87. The molecule has 3 rings (SSSR count). The fraction of sp³-hybridized carbons (Fsp3) is 0.588. The Hall–Kier alpha value is -1.42. The highest BCUT2D eigenvalue weighted by molar-refractivity contribution is 5.77. The molecule has 0 aromatic heterocycles. The number of nitrogens with zero attached hydrogens (tertiary/aromatic N) is 1. The molecular weight excluding hydrogens is 267 g/mol. The van der Waals surface area contributed by atoms with Crippen molar-refractivity contribution in [1.29, 1.82) is 0 Å². The van der Waals surface area contributed by atoms with Crippen molar-refractivity contribution in [2.45, 2.75) is 57.2 Å². The number of nitrogens with one attached hydrogen (secondary N) is 1. The van der Waals surface area contributed by atoms with E-state index in [0.29, 0.717) is 19.0 Å². The molecule has 2 saturated heterocycles. The molecule has 2 aliphatic rings. The highest BCUT2D eigenvalue weighted by atomic mass is 19.1. The Morgan fingerprint density at radius 2 is 2.10 bits per heavy atom. The number of likely N-dealkylation sites (tertiary alicyclic amines) is 1. The molecule has 3 nitrogen and oxygen atoms in total. The molecule has 1 N–H and O–H groups in total. The van der Waals surface area contributed by atoms with E-state index in [9.17, 15) is 9.18 Å². The predicted molar refractivity (Wildman–Crippen MR) is 80.2 cm³/mol. The van der Waals surface area contributed by atoms with Crippen LogP contribution in [0.15, 0.2) is 24.3 Å². The first kappa shape index (κ1) is 14.5. The Bertz CT molecular complexity index is 516. The molecule has 114 valence electrons. The lowest BCUT2D eigenvalue weighted by molar-refractivity contribution is -0.139. The minimum absolute atomic E-state index is 0.119. The second kappa shape index (κ2) is 5.76. The number of carbonyl (C=O) groups is 1. The maximum Gasteiger partial charge on any atom is 0.223 e. The number of fused-ring (bicyclic) bond motifs is 1. The number of hydrogen-bond donors (Lipinski definition) is 1. The molecule has 4 heteroatoms. The van der Waals surface area contributed by atoms with Gasteiger partial charge in [-0.2, -0.15) is 0 Å². The van der Waals surface area contributed by atoms with Crippen LogP contribution >= 0.6 is 0 Å². The van der Waals surface area contributed by atoms with Gasteiger partial charge in [0.1, 0.15) is 5.82 Å². The maximum absolute atomic E-state index is 13.1. The third kappa shape index (κ3) is 2.82. The van der Waals surface area contributed by atoms with Crippen molar-refractivity contribution >= 4 is 5.91 Å². The highest BCUT2D eigenvalue weighted by Crippen LogP contribution is 2.35. The van der Waals surface area contributed by atoms with Gasteiger partial charge in [-0.3, -0.25) is 4.79 Å². The lowest BCUT2D eigenvalue weighted by Gasteiger charge is -2.44. The van der Waals surface area contributed by atoms with E-state index in [1.54, 1.807) is 12.1 Å². The summed E-state index contributed by atoms with van der Waals surface area (Å²) in [6.07, 6.45) is 4.83. The van der Waals surface area contributed by atoms with Gasteiger partial charge in [-0.05, 0) is 50.4 Å². The molecule has 2 atom stereocenters. The van der Waals surface area contributed by atoms with Gasteiger partial charge >= 0.3 is 0 Å². The van der Waals surface area contributed by atoms with Crippen LogP contribution < -0.4 is 5.32 Å². The summed E-state index contributed by atoms with van der Waals surface area (Å²) in [5.41, 5.74) is 0.878. The second-order valence-electron chi connectivity index (χ2n) is 6.47. The molecule has 0 radical (unpaired) electrons. The number of hydrogen-bond acceptors (Lipinski definition) is 2. The fourth-order valence-corrected chi connectivity index (χ4v) is 3.72. The lowest BCUT2D eigenvalue weighted by Crippen LogP contribution is -2.56. The van der Waals surface area contributed by atoms with E-state index >= 15 is 0 Å². The summed E-state index contributed by atoms with van der Waals surface area (Å²) in [7, 11) is 0. The Kier molecular flexibility index (Phi) is 3.98. The van der Waals surface area contributed by atoms with Crippen LogP contribution in [0.25, 0.3) is 0 Å². The van der Waals surface area contributed by atoms with E-state index in [1.807, 2.05) is 4.90 Å². The third-order valence-electron chi connectivity index (χ3n) is 5.08. The van der Waals surface area contributed by atoms with Gasteiger partial charge in [0, 0.05) is 19.0 Å². The van der Waals surface area contributed by atoms with Gasteiger partial charge in [-0.1, -0.05) is 18.6 Å². The van der Waals surface area contributed by atoms with Gasteiger partial charge in [0.15, 0.2) is 0 Å². The standard InChI is InChI=1S/C17H23FN2O/c1-17-10-11-19-15(17)4-2-3-5-16(21)20(17)12-13-6-8-14(18)9-7-13/h6-9,15,19H,2-5,10-12H2,1H3/t15-,17-/m0/s1. The number of amides is 1. The monoisotopic (exact) mass is 290 g/mol. The van der Waals surface area contributed by atoms with Gasteiger partial charge in [0.05, 0.1) is 5.54 Å². The first-order valence-electron chi connectivity index (χ1n) is 7.88. The summed E-state index contributed by atoms with van der Waals surface area (Å²) in [4.78, 5) is 14.6. The minimum Gasteiger partial charge on any atom is -0.331 e.